The number of esters is 1. The van der Waals surface area contributed by atoms with Crippen molar-refractivity contribution in [2.45, 2.75) is 13.5 Å². The van der Waals surface area contributed by atoms with Crippen LogP contribution in [0, 0.1) is 6.92 Å². The molecule has 1 amide bonds. The van der Waals surface area contributed by atoms with Crippen molar-refractivity contribution in [3.05, 3.63) is 45.4 Å². The monoisotopic (exact) mass is 305 g/mol. The molecule has 0 bridgehead atoms. The van der Waals surface area contributed by atoms with Crippen LogP contribution in [0.25, 0.3) is 0 Å². The number of carbonyl (C=O) groups excluding carboxylic acids is 2. The van der Waals surface area contributed by atoms with Gasteiger partial charge in [0.25, 0.3) is 5.91 Å². The number of nitrogens with zero attached hydrogens (tertiary/aromatic N) is 1. The lowest BCUT2D eigenvalue weighted by atomic mass is 10.1. The summed E-state index contributed by atoms with van der Waals surface area (Å²) in [7, 11) is 1.32. The second-order valence-electron chi connectivity index (χ2n) is 4.25. The summed E-state index contributed by atoms with van der Waals surface area (Å²) in [5, 5.41) is 5.08. The predicted molar refractivity (Wildman–Crippen MR) is 80.5 cm³/mol. The normalized spacial score (nSPS) is 10.2. The lowest BCUT2D eigenvalue weighted by Gasteiger charge is -2.10. The molecule has 0 fully saturated rings. The zero-order valence-electron chi connectivity index (χ0n) is 11.7. The van der Waals surface area contributed by atoms with Crippen LogP contribution in [0.4, 0.5) is 5.69 Å². The Bertz CT molecular complexity index is 682. The lowest BCUT2D eigenvalue weighted by Crippen LogP contribution is -2.15. The Hall–Kier alpha value is -2.25. The Labute approximate surface area is 125 Å². The molecule has 2 aromatic rings. The van der Waals surface area contributed by atoms with Crippen LogP contribution in [-0.4, -0.2) is 24.0 Å². The van der Waals surface area contributed by atoms with E-state index in [9.17, 15) is 9.59 Å². The van der Waals surface area contributed by atoms with Crippen molar-refractivity contribution in [1.29, 1.82) is 0 Å². The summed E-state index contributed by atoms with van der Waals surface area (Å²) in [6.45, 7) is 2.04. The zero-order chi connectivity index (χ0) is 15.4. The smallest absolute Gasteiger partial charge is 0.338 e. The average molecular weight is 305 g/mol. The van der Waals surface area contributed by atoms with E-state index in [0.29, 0.717) is 34.1 Å². The lowest BCUT2D eigenvalue weighted by molar-refractivity contribution is 0.0599. The van der Waals surface area contributed by atoms with Crippen molar-refractivity contribution >= 4 is 28.9 Å². The number of benzene rings is 1. The van der Waals surface area contributed by atoms with Crippen LogP contribution in [-0.2, 0) is 11.3 Å². The second-order valence-corrected chi connectivity index (χ2v) is 5.20. The molecule has 21 heavy (non-hydrogen) atoms. The van der Waals surface area contributed by atoms with E-state index in [2.05, 4.69) is 10.3 Å². The van der Waals surface area contributed by atoms with Gasteiger partial charge in [0.2, 0.25) is 0 Å². The zero-order valence-corrected chi connectivity index (χ0v) is 12.5. The van der Waals surface area contributed by atoms with Gasteiger partial charge in [0.15, 0.2) is 0 Å². The minimum Gasteiger partial charge on any atom is -0.465 e. The van der Waals surface area contributed by atoms with Gasteiger partial charge in [0.05, 0.1) is 12.7 Å². The van der Waals surface area contributed by atoms with Crippen LogP contribution in [0.1, 0.15) is 31.4 Å². The Balaban J connectivity index is 2.23. The van der Waals surface area contributed by atoms with Crippen molar-refractivity contribution in [3.63, 3.8) is 0 Å². The van der Waals surface area contributed by atoms with Gasteiger partial charge in [0, 0.05) is 17.6 Å². The number of aromatic nitrogens is 1. The molecular weight excluding hydrogens is 290 g/mol. The topological polar surface area (TPSA) is 94.3 Å². The minimum atomic E-state index is -0.442. The largest absolute Gasteiger partial charge is 0.465 e. The molecular formula is C14H15N3O3S. The van der Waals surface area contributed by atoms with Crippen LogP contribution in [0.15, 0.2) is 23.6 Å². The van der Waals surface area contributed by atoms with Crippen molar-refractivity contribution in [2.75, 3.05) is 12.4 Å². The summed E-state index contributed by atoms with van der Waals surface area (Å²) in [6.07, 6.45) is 0. The third kappa shape index (κ3) is 3.26. The van der Waals surface area contributed by atoms with E-state index in [1.807, 2.05) is 0 Å². The highest BCUT2D eigenvalue weighted by atomic mass is 32.1. The van der Waals surface area contributed by atoms with Gasteiger partial charge >= 0.3 is 5.97 Å². The number of hydrogen-bond donors (Lipinski definition) is 2. The molecule has 0 radical (unpaired) electrons. The summed E-state index contributed by atoms with van der Waals surface area (Å²) in [5.41, 5.74) is 7.39. The first-order chi connectivity index (χ1) is 10.1. The van der Waals surface area contributed by atoms with Gasteiger partial charge in [-0.25, -0.2) is 9.78 Å². The molecule has 0 aliphatic carbocycles. The van der Waals surface area contributed by atoms with E-state index in [-0.39, 0.29) is 5.91 Å². The molecule has 0 saturated heterocycles. The van der Waals surface area contributed by atoms with Crippen molar-refractivity contribution < 1.29 is 14.3 Å². The summed E-state index contributed by atoms with van der Waals surface area (Å²) in [4.78, 5) is 27.9. The molecule has 1 aromatic heterocycles. The van der Waals surface area contributed by atoms with Crippen molar-refractivity contribution in [3.8, 4) is 0 Å². The molecule has 2 rings (SSSR count). The van der Waals surface area contributed by atoms with Gasteiger partial charge in [-0.3, -0.25) is 4.79 Å². The SMILES string of the molecule is COC(=O)c1cccc(NC(=O)c2csc(CN)n2)c1C. The van der Waals surface area contributed by atoms with Crippen LogP contribution in [0.2, 0.25) is 0 Å². The number of thiazole rings is 1. The quantitative estimate of drug-likeness (QED) is 0.842. The number of nitrogens with two attached hydrogens (primary N) is 1. The van der Waals surface area contributed by atoms with Crippen molar-refractivity contribution in [1.82, 2.24) is 4.98 Å². The number of hydrogen-bond acceptors (Lipinski definition) is 6. The number of nitrogens with one attached hydrogen (secondary N) is 1. The maximum Gasteiger partial charge on any atom is 0.338 e. The number of anilines is 1. The van der Waals surface area contributed by atoms with E-state index in [1.54, 1.807) is 30.5 Å². The third-order valence-electron chi connectivity index (χ3n) is 2.95. The van der Waals surface area contributed by atoms with Crippen molar-refractivity contribution in [2.24, 2.45) is 5.73 Å². The van der Waals surface area contributed by atoms with Gasteiger partial charge in [-0.05, 0) is 24.6 Å². The molecule has 0 spiro atoms. The summed E-state index contributed by atoms with van der Waals surface area (Å²) >= 11 is 1.33. The minimum absolute atomic E-state index is 0.300. The molecule has 7 heteroatoms. The average Bonchev–Trinajstić information content (AvgIpc) is 2.97. The molecule has 0 aliphatic rings. The Morgan fingerprint density at radius 1 is 1.43 bits per heavy atom. The standard InChI is InChI=1S/C14H15N3O3S/c1-8-9(14(19)20-2)4-3-5-10(8)17-13(18)11-7-21-12(6-15)16-11/h3-5,7H,6,15H2,1-2H3,(H,17,18). The molecule has 0 atom stereocenters. The fourth-order valence-corrected chi connectivity index (χ4v) is 2.45. The van der Waals surface area contributed by atoms with Crippen LogP contribution in [0.5, 0.6) is 0 Å². The van der Waals surface area contributed by atoms with Crippen LogP contribution in [0.3, 0.4) is 0 Å². The molecule has 0 unspecified atom stereocenters. The Morgan fingerprint density at radius 3 is 2.81 bits per heavy atom. The van der Waals surface area contributed by atoms with Gasteiger partial charge < -0.3 is 15.8 Å². The summed E-state index contributed by atoms with van der Waals surface area (Å²) < 4.78 is 4.70. The van der Waals surface area contributed by atoms with Gasteiger partial charge in [0.1, 0.15) is 10.7 Å². The first kappa shape index (κ1) is 15.1. The number of amides is 1. The molecule has 1 heterocycles. The highest BCUT2D eigenvalue weighted by Gasteiger charge is 2.15. The number of carbonyl (C=O) groups is 2. The maximum atomic E-state index is 12.1. The molecule has 1 aromatic carbocycles. The number of rotatable bonds is 4. The fraction of sp³-hybridized carbons (Fsp3) is 0.214. The number of ether oxygens (including phenoxy) is 1. The predicted octanol–water partition coefficient (Wildman–Crippen LogP) is 1.95. The third-order valence-corrected chi connectivity index (χ3v) is 3.82. The molecule has 6 nitrogen and oxygen atoms in total. The van der Waals surface area contributed by atoms with Crippen LogP contribution >= 0.6 is 11.3 Å². The van der Waals surface area contributed by atoms with E-state index in [1.165, 1.54) is 18.4 Å². The van der Waals surface area contributed by atoms with E-state index >= 15 is 0 Å². The second kappa shape index (κ2) is 6.47. The highest BCUT2D eigenvalue weighted by molar-refractivity contribution is 7.09. The summed E-state index contributed by atoms with van der Waals surface area (Å²) in [5.74, 6) is -0.779. The highest BCUT2D eigenvalue weighted by Crippen LogP contribution is 2.20. The molecule has 0 saturated carbocycles. The summed E-state index contributed by atoms with van der Waals surface area (Å²) in [6, 6.07) is 5.04. The molecule has 0 aliphatic heterocycles. The van der Waals surface area contributed by atoms with E-state index in [4.69, 9.17) is 10.5 Å². The van der Waals surface area contributed by atoms with Gasteiger partial charge in [-0.1, -0.05) is 6.07 Å². The van der Waals surface area contributed by atoms with Crippen LogP contribution < -0.4 is 11.1 Å². The van der Waals surface area contributed by atoms with E-state index < -0.39 is 5.97 Å². The fourth-order valence-electron chi connectivity index (χ4n) is 1.80. The first-order valence-corrected chi connectivity index (χ1v) is 7.08. The van der Waals surface area contributed by atoms with Gasteiger partial charge in [-0.15, -0.1) is 11.3 Å². The number of methoxy groups -OCH3 is 1. The first-order valence-electron chi connectivity index (χ1n) is 6.20. The maximum absolute atomic E-state index is 12.1. The molecule has 110 valence electrons. The Kier molecular flexibility index (Phi) is 4.66. The van der Waals surface area contributed by atoms with Gasteiger partial charge in [-0.2, -0.15) is 0 Å². The molecule has 3 N–H and O–H groups in total. The Morgan fingerprint density at radius 2 is 2.19 bits per heavy atom. The van der Waals surface area contributed by atoms with E-state index in [0.717, 1.165) is 0 Å².